The van der Waals surface area contributed by atoms with Crippen molar-refractivity contribution in [3.8, 4) is 11.1 Å². The number of aliphatic carboxylic acids is 1. The molecule has 1 aliphatic carbocycles. The number of aliphatic hydroxyl groups excluding tert-OH is 1. The Morgan fingerprint density at radius 2 is 1.86 bits per heavy atom. The van der Waals surface area contributed by atoms with Crippen LogP contribution in [0.5, 0.6) is 0 Å². The van der Waals surface area contributed by atoms with E-state index in [1.54, 1.807) is 0 Å². The van der Waals surface area contributed by atoms with Crippen LogP contribution in [0.3, 0.4) is 0 Å². The molecule has 0 saturated carbocycles. The molecule has 3 nitrogen and oxygen atoms in total. The van der Waals surface area contributed by atoms with Crippen LogP contribution in [-0.4, -0.2) is 22.3 Å². The van der Waals surface area contributed by atoms with Gasteiger partial charge in [0.15, 0.2) is 0 Å². The molecule has 108 valence electrons. The summed E-state index contributed by atoms with van der Waals surface area (Å²) >= 11 is 0. The molecule has 1 unspecified atom stereocenters. The molecule has 2 N–H and O–H groups in total. The molecular formula is C18H18O3. The van der Waals surface area contributed by atoms with Crippen molar-refractivity contribution in [2.45, 2.75) is 31.8 Å². The maximum absolute atomic E-state index is 10.5. The van der Waals surface area contributed by atoms with Crippen molar-refractivity contribution in [2.75, 3.05) is 0 Å². The number of hydrogen-bond acceptors (Lipinski definition) is 2. The van der Waals surface area contributed by atoms with E-state index in [-0.39, 0.29) is 6.42 Å². The fourth-order valence-corrected chi connectivity index (χ4v) is 2.99. The Hall–Kier alpha value is -2.13. The Bertz CT molecular complexity index is 676. The van der Waals surface area contributed by atoms with Crippen LogP contribution in [0.2, 0.25) is 0 Å². The summed E-state index contributed by atoms with van der Waals surface area (Å²) < 4.78 is 0. The molecule has 0 aromatic heterocycles. The third-order valence-electron chi connectivity index (χ3n) is 4.03. The van der Waals surface area contributed by atoms with Crippen LogP contribution in [-0.2, 0) is 17.6 Å². The number of aryl methyl sites for hydroxylation is 1. The van der Waals surface area contributed by atoms with E-state index in [9.17, 15) is 9.90 Å². The summed E-state index contributed by atoms with van der Waals surface area (Å²) in [4.78, 5) is 10.5. The van der Waals surface area contributed by atoms with Crippen LogP contribution >= 0.6 is 0 Å². The van der Waals surface area contributed by atoms with Gasteiger partial charge in [-0.15, -0.1) is 0 Å². The molecule has 0 aliphatic heterocycles. The fraction of sp³-hybridized carbons (Fsp3) is 0.278. The lowest BCUT2D eigenvalue weighted by Gasteiger charge is -2.09. The molecule has 2 aromatic rings. The van der Waals surface area contributed by atoms with Gasteiger partial charge in [0.25, 0.3) is 0 Å². The van der Waals surface area contributed by atoms with Gasteiger partial charge in [-0.05, 0) is 47.1 Å². The Balaban J connectivity index is 1.71. The average Bonchev–Trinajstić information content (AvgIpc) is 2.82. The molecule has 1 atom stereocenters. The van der Waals surface area contributed by atoms with Gasteiger partial charge in [-0.25, -0.2) is 0 Å². The zero-order valence-electron chi connectivity index (χ0n) is 11.7. The lowest BCUT2D eigenvalue weighted by Crippen LogP contribution is -2.13. The van der Waals surface area contributed by atoms with Gasteiger partial charge in [0.05, 0.1) is 12.5 Å². The molecule has 0 spiro atoms. The lowest BCUT2D eigenvalue weighted by atomic mass is 9.99. The van der Waals surface area contributed by atoms with Gasteiger partial charge in [0, 0.05) is 0 Å². The normalized spacial score (nSPS) is 13.6. The highest BCUT2D eigenvalue weighted by molar-refractivity contribution is 5.76. The van der Waals surface area contributed by atoms with E-state index in [1.165, 1.54) is 22.3 Å². The zero-order chi connectivity index (χ0) is 14.8. The van der Waals surface area contributed by atoms with Crippen molar-refractivity contribution >= 4 is 5.97 Å². The van der Waals surface area contributed by atoms with E-state index in [2.05, 4.69) is 42.5 Å². The van der Waals surface area contributed by atoms with Gasteiger partial charge in [0.2, 0.25) is 0 Å². The average molecular weight is 282 g/mol. The zero-order valence-corrected chi connectivity index (χ0v) is 11.7. The first-order valence-corrected chi connectivity index (χ1v) is 7.23. The van der Waals surface area contributed by atoms with E-state index in [1.807, 2.05) is 0 Å². The summed E-state index contributed by atoms with van der Waals surface area (Å²) in [5, 5.41) is 18.3. The Morgan fingerprint density at radius 3 is 2.67 bits per heavy atom. The van der Waals surface area contributed by atoms with Crippen LogP contribution < -0.4 is 0 Å². The summed E-state index contributed by atoms with van der Waals surface area (Å²) in [5.41, 5.74) is 6.44. The number of benzene rings is 2. The fourth-order valence-electron chi connectivity index (χ4n) is 2.99. The number of carboxylic acid groups (broad SMARTS) is 1. The summed E-state index contributed by atoms with van der Waals surface area (Å²) in [5.74, 6) is -0.952. The molecule has 0 bridgehead atoms. The topological polar surface area (TPSA) is 57.5 Å². The van der Waals surface area contributed by atoms with E-state index in [0.29, 0.717) is 12.8 Å². The highest BCUT2D eigenvalue weighted by atomic mass is 16.4. The minimum absolute atomic E-state index is 0.184. The minimum atomic E-state index is -0.952. The van der Waals surface area contributed by atoms with Crippen LogP contribution in [0.15, 0.2) is 42.5 Å². The van der Waals surface area contributed by atoms with Crippen LogP contribution in [0, 0.1) is 0 Å². The standard InChI is InChI=1S/C18H18O3/c19-15(11-18(20)21)7-5-12-6-8-17-14(9-12)10-13-3-1-2-4-16(13)17/h1-4,6,8-9,15,19H,5,7,10-11H2,(H,20,21). The highest BCUT2D eigenvalue weighted by Crippen LogP contribution is 2.36. The molecule has 0 amide bonds. The highest BCUT2D eigenvalue weighted by Gasteiger charge is 2.18. The van der Waals surface area contributed by atoms with Crippen molar-refractivity contribution in [2.24, 2.45) is 0 Å². The minimum Gasteiger partial charge on any atom is -0.481 e. The summed E-state index contributed by atoms with van der Waals surface area (Å²) in [6, 6.07) is 14.8. The van der Waals surface area contributed by atoms with Gasteiger partial charge in [-0.1, -0.05) is 42.5 Å². The largest absolute Gasteiger partial charge is 0.481 e. The second-order valence-electron chi connectivity index (χ2n) is 5.62. The predicted molar refractivity (Wildman–Crippen MR) is 81.3 cm³/mol. The third kappa shape index (κ3) is 2.98. The first-order valence-electron chi connectivity index (χ1n) is 7.23. The quantitative estimate of drug-likeness (QED) is 0.756. The Labute approximate surface area is 123 Å². The molecular weight excluding hydrogens is 264 g/mol. The number of hydrogen-bond donors (Lipinski definition) is 2. The van der Waals surface area contributed by atoms with Crippen LogP contribution in [0.1, 0.15) is 29.5 Å². The molecule has 0 fully saturated rings. The third-order valence-corrected chi connectivity index (χ3v) is 4.03. The number of carbonyl (C=O) groups is 1. The molecule has 3 rings (SSSR count). The first kappa shape index (κ1) is 13.8. The van der Waals surface area contributed by atoms with E-state index < -0.39 is 12.1 Å². The van der Waals surface area contributed by atoms with E-state index in [4.69, 9.17) is 5.11 Å². The SMILES string of the molecule is O=C(O)CC(O)CCc1ccc2c(c1)Cc1ccccc1-2. The lowest BCUT2D eigenvalue weighted by molar-refractivity contribution is -0.139. The Morgan fingerprint density at radius 1 is 1.10 bits per heavy atom. The number of aliphatic hydroxyl groups is 1. The van der Waals surface area contributed by atoms with Crippen molar-refractivity contribution in [3.05, 3.63) is 59.2 Å². The van der Waals surface area contributed by atoms with Crippen molar-refractivity contribution < 1.29 is 15.0 Å². The second kappa shape index (κ2) is 5.70. The van der Waals surface area contributed by atoms with Crippen LogP contribution in [0.25, 0.3) is 11.1 Å². The maximum Gasteiger partial charge on any atom is 0.305 e. The van der Waals surface area contributed by atoms with Gasteiger partial charge >= 0.3 is 5.97 Å². The number of rotatable bonds is 5. The molecule has 21 heavy (non-hydrogen) atoms. The summed E-state index contributed by atoms with van der Waals surface area (Å²) in [6.45, 7) is 0. The van der Waals surface area contributed by atoms with Gasteiger partial charge < -0.3 is 10.2 Å². The first-order chi connectivity index (χ1) is 10.1. The Kier molecular flexibility index (Phi) is 3.76. The molecule has 0 radical (unpaired) electrons. The molecule has 0 saturated heterocycles. The van der Waals surface area contributed by atoms with Gasteiger partial charge in [-0.3, -0.25) is 4.79 Å². The molecule has 0 heterocycles. The molecule has 1 aliphatic rings. The number of carboxylic acids is 1. The summed E-state index contributed by atoms with van der Waals surface area (Å²) in [7, 11) is 0. The van der Waals surface area contributed by atoms with E-state index in [0.717, 1.165) is 12.0 Å². The summed E-state index contributed by atoms with van der Waals surface area (Å²) in [6.07, 6.45) is 1.19. The van der Waals surface area contributed by atoms with Gasteiger partial charge in [0.1, 0.15) is 0 Å². The molecule has 3 heteroatoms. The van der Waals surface area contributed by atoms with Crippen LogP contribution in [0.4, 0.5) is 0 Å². The van der Waals surface area contributed by atoms with Crippen molar-refractivity contribution in [1.82, 2.24) is 0 Å². The number of fused-ring (bicyclic) bond motifs is 3. The predicted octanol–water partition coefficient (Wildman–Crippen LogP) is 3.03. The smallest absolute Gasteiger partial charge is 0.305 e. The second-order valence-corrected chi connectivity index (χ2v) is 5.62. The van der Waals surface area contributed by atoms with E-state index >= 15 is 0 Å². The van der Waals surface area contributed by atoms with Crippen molar-refractivity contribution in [3.63, 3.8) is 0 Å². The monoisotopic (exact) mass is 282 g/mol. The van der Waals surface area contributed by atoms with Crippen molar-refractivity contribution in [1.29, 1.82) is 0 Å². The van der Waals surface area contributed by atoms with Gasteiger partial charge in [-0.2, -0.15) is 0 Å². The molecule has 2 aromatic carbocycles. The maximum atomic E-state index is 10.5.